The van der Waals surface area contributed by atoms with Gasteiger partial charge in [-0.25, -0.2) is 4.98 Å². The van der Waals surface area contributed by atoms with Gasteiger partial charge in [0.15, 0.2) is 0 Å². The molecule has 0 spiro atoms. The second-order valence-corrected chi connectivity index (χ2v) is 7.00. The summed E-state index contributed by atoms with van der Waals surface area (Å²) in [6.45, 7) is 4.54. The highest BCUT2D eigenvalue weighted by Crippen LogP contribution is 2.23. The number of hydrogen-bond acceptors (Lipinski definition) is 3. The maximum Gasteiger partial charge on any atom is 0.261 e. The van der Waals surface area contributed by atoms with Crippen LogP contribution < -0.4 is 10.9 Å². The van der Waals surface area contributed by atoms with Crippen molar-refractivity contribution in [1.82, 2.24) is 14.9 Å². The first kappa shape index (κ1) is 16.7. The van der Waals surface area contributed by atoms with Gasteiger partial charge in [-0.15, -0.1) is 0 Å². The third kappa shape index (κ3) is 3.66. The third-order valence-electron chi connectivity index (χ3n) is 4.94. The maximum absolute atomic E-state index is 12.5. The Morgan fingerprint density at radius 1 is 1.38 bits per heavy atom. The number of nitrogens with zero attached hydrogens (tertiary/aromatic N) is 2. The third-order valence-corrected chi connectivity index (χ3v) is 4.94. The molecule has 1 aliphatic rings. The van der Waals surface area contributed by atoms with E-state index in [0.717, 1.165) is 23.9 Å². The molecule has 1 fully saturated rings. The Morgan fingerprint density at radius 3 is 3.00 bits per heavy atom. The lowest BCUT2D eigenvalue weighted by atomic mass is 9.87. The number of amides is 1. The van der Waals surface area contributed by atoms with Crippen LogP contribution in [0.2, 0.25) is 0 Å². The van der Waals surface area contributed by atoms with Crippen molar-refractivity contribution in [1.29, 1.82) is 0 Å². The highest BCUT2D eigenvalue weighted by Gasteiger charge is 2.20. The average molecular weight is 327 g/mol. The van der Waals surface area contributed by atoms with E-state index in [4.69, 9.17) is 0 Å². The summed E-state index contributed by atoms with van der Waals surface area (Å²) in [6, 6.07) is 5.88. The minimum atomic E-state index is -0.0808. The first-order valence-electron chi connectivity index (χ1n) is 8.78. The zero-order valence-electron chi connectivity index (χ0n) is 14.4. The van der Waals surface area contributed by atoms with E-state index in [1.165, 1.54) is 17.4 Å². The number of benzene rings is 1. The number of para-hydroxylation sites is 1. The summed E-state index contributed by atoms with van der Waals surface area (Å²) in [5, 5.41) is 3.72. The number of carbonyl (C=O) groups is 1. The van der Waals surface area contributed by atoms with Crippen LogP contribution >= 0.6 is 0 Å². The fraction of sp³-hybridized carbons (Fsp3) is 0.526. The van der Waals surface area contributed by atoms with Crippen LogP contribution in [0, 0.1) is 12.8 Å². The number of carbonyl (C=O) groups excluding carboxylic acids is 1. The van der Waals surface area contributed by atoms with Gasteiger partial charge in [0, 0.05) is 19.0 Å². The Bertz CT molecular complexity index is 797. The van der Waals surface area contributed by atoms with Gasteiger partial charge < -0.3 is 5.32 Å². The van der Waals surface area contributed by atoms with Crippen LogP contribution in [-0.4, -0.2) is 21.5 Å². The summed E-state index contributed by atoms with van der Waals surface area (Å²) in [6.07, 6.45) is 6.41. The summed E-state index contributed by atoms with van der Waals surface area (Å²) in [7, 11) is 0. The first-order valence-corrected chi connectivity index (χ1v) is 8.78. The molecule has 1 aromatic heterocycles. The second kappa shape index (κ2) is 7.16. The summed E-state index contributed by atoms with van der Waals surface area (Å²) >= 11 is 0. The van der Waals surface area contributed by atoms with Crippen molar-refractivity contribution in [3.05, 3.63) is 40.4 Å². The van der Waals surface area contributed by atoms with Crippen LogP contribution in [0.15, 0.2) is 29.3 Å². The standard InChI is InChI=1S/C19H25N3O2/c1-13-5-3-7-15(11-13)21-17(23)9-10-22-12-20-18-14(2)6-4-8-16(18)19(22)24/h4,6,8,12-13,15H,3,5,7,9-11H2,1-2H3,(H,21,23). The lowest BCUT2D eigenvalue weighted by Gasteiger charge is -2.27. The van der Waals surface area contributed by atoms with E-state index in [9.17, 15) is 9.59 Å². The minimum absolute atomic E-state index is 0.0188. The van der Waals surface area contributed by atoms with Gasteiger partial charge in [-0.05, 0) is 37.3 Å². The molecule has 1 saturated carbocycles. The minimum Gasteiger partial charge on any atom is -0.353 e. The zero-order chi connectivity index (χ0) is 17.1. The van der Waals surface area contributed by atoms with Crippen molar-refractivity contribution < 1.29 is 4.79 Å². The molecule has 0 aliphatic heterocycles. The molecule has 0 saturated heterocycles. The lowest BCUT2D eigenvalue weighted by Crippen LogP contribution is -2.38. The molecule has 0 bridgehead atoms. The van der Waals surface area contributed by atoms with E-state index in [2.05, 4.69) is 17.2 Å². The van der Waals surface area contributed by atoms with Gasteiger partial charge in [0.25, 0.3) is 5.56 Å². The van der Waals surface area contributed by atoms with E-state index in [1.54, 1.807) is 12.4 Å². The number of aromatic nitrogens is 2. The molecule has 1 heterocycles. The van der Waals surface area contributed by atoms with Gasteiger partial charge in [-0.3, -0.25) is 14.2 Å². The van der Waals surface area contributed by atoms with E-state index in [0.29, 0.717) is 24.3 Å². The molecular formula is C19H25N3O2. The Labute approximate surface area is 142 Å². The SMILES string of the molecule is Cc1cccc2c(=O)n(CCC(=O)NC3CCCC(C)C3)cnc12. The lowest BCUT2D eigenvalue weighted by molar-refractivity contribution is -0.122. The summed E-state index contributed by atoms with van der Waals surface area (Å²) in [5.41, 5.74) is 1.64. The zero-order valence-corrected chi connectivity index (χ0v) is 14.4. The molecule has 1 amide bonds. The van der Waals surface area contributed by atoms with Gasteiger partial charge in [-0.1, -0.05) is 31.9 Å². The van der Waals surface area contributed by atoms with Gasteiger partial charge in [0.05, 0.1) is 17.2 Å². The smallest absolute Gasteiger partial charge is 0.261 e. The Kier molecular flexibility index (Phi) is 4.97. The molecule has 1 N–H and O–H groups in total. The van der Waals surface area contributed by atoms with Crippen LogP contribution in [0.25, 0.3) is 10.9 Å². The quantitative estimate of drug-likeness (QED) is 0.939. The van der Waals surface area contributed by atoms with Crippen molar-refractivity contribution in [2.45, 2.75) is 58.5 Å². The number of rotatable bonds is 4. The van der Waals surface area contributed by atoms with Crippen molar-refractivity contribution in [3.8, 4) is 0 Å². The molecule has 128 valence electrons. The second-order valence-electron chi connectivity index (χ2n) is 7.00. The van der Waals surface area contributed by atoms with Crippen molar-refractivity contribution in [2.75, 3.05) is 0 Å². The van der Waals surface area contributed by atoms with E-state index in [1.807, 2.05) is 19.1 Å². The molecule has 2 unspecified atom stereocenters. The molecule has 5 nitrogen and oxygen atoms in total. The van der Waals surface area contributed by atoms with Crippen LogP contribution in [0.4, 0.5) is 0 Å². The predicted octanol–water partition coefficient (Wildman–Crippen LogP) is 2.79. The molecule has 0 radical (unpaired) electrons. The van der Waals surface area contributed by atoms with E-state index >= 15 is 0 Å². The molecule has 2 aromatic rings. The maximum atomic E-state index is 12.5. The average Bonchev–Trinajstić information content (AvgIpc) is 2.55. The topological polar surface area (TPSA) is 64.0 Å². The number of aryl methyl sites for hydroxylation is 2. The molecule has 1 aromatic carbocycles. The Morgan fingerprint density at radius 2 is 2.21 bits per heavy atom. The molecule has 24 heavy (non-hydrogen) atoms. The van der Waals surface area contributed by atoms with Gasteiger partial charge >= 0.3 is 0 Å². The van der Waals surface area contributed by atoms with E-state index in [-0.39, 0.29) is 17.5 Å². The predicted molar refractivity (Wildman–Crippen MR) is 94.9 cm³/mol. The van der Waals surface area contributed by atoms with Gasteiger partial charge in [0.2, 0.25) is 5.91 Å². The number of fused-ring (bicyclic) bond motifs is 1. The molecular weight excluding hydrogens is 302 g/mol. The Hall–Kier alpha value is -2.17. The fourth-order valence-corrected chi connectivity index (χ4v) is 3.58. The molecule has 2 atom stereocenters. The van der Waals surface area contributed by atoms with Crippen LogP contribution in [0.3, 0.4) is 0 Å². The highest BCUT2D eigenvalue weighted by atomic mass is 16.2. The molecule has 3 rings (SSSR count). The van der Waals surface area contributed by atoms with Crippen LogP contribution in [0.5, 0.6) is 0 Å². The van der Waals surface area contributed by atoms with Crippen molar-refractivity contribution in [2.24, 2.45) is 5.92 Å². The first-order chi connectivity index (χ1) is 11.5. The summed E-state index contributed by atoms with van der Waals surface area (Å²) < 4.78 is 1.53. The Balaban J connectivity index is 1.64. The fourth-order valence-electron chi connectivity index (χ4n) is 3.58. The van der Waals surface area contributed by atoms with Crippen molar-refractivity contribution in [3.63, 3.8) is 0 Å². The van der Waals surface area contributed by atoms with Gasteiger partial charge in [0.1, 0.15) is 0 Å². The van der Waals surface area contributed by atoms with Gasteiger partial charge in [-0.2, -0.15) is 0 Å². The van der Waals surface area contributed by atoms with Crippen molar-refractivity contribution >= 4 is 16.8 Å². The van der Waals surface area contributed by atoms with E-state index < -0.39 is 0 Å². The number of nitrogens with one attached hydrogen (secondary N) is 1. The van der Waals surface area contributed by atoms with Crippen LogP contribution in [0.1, 0.15) is 44.6 Å². The molecule has 1 aliphatic carbocycles. The van der Waals surface area contributed by atoms with Crippen LogP contribution in [-0.2, 0) is 11.3 Å². The normalized spacial score (nSPS) is 20.9. The highest BCUT2D eigenvalue weighted by molar-refractivity contribution is 5.80. The monoisotopic (exact) mass is 327 g/mol. The largest absolute Gasteiger partial charge is 0.353 e. The summed E-state index contributed by atoms with van der Waals surface area (Å²) in [5.74, 6) is 0.699. The number of hydrogen-bond donors (Lipinski definition) is 1. The molecule has 5 heteroatoms. The summed E-state index contributed by atoms with van der Waals surface area (Å²) in [4.78, 5) is 29.1.